The van der Waals surface area contributed by atoms with Gasteiger partial charge in [-0.1, -0.05) is 4.98 Å². The van der Waals surface area contributed by atoms with Gasteiger partial charge in [-0.05, 0) is 31.4 Å². The molecule has 3 heterocycles. The van der Waals surface area contributed by atoms with E-state index in [0.717, 1.165) is 19.3 Å². The molecule has 15 nitrogen and oxygen atoms in total. The maximum Gasteiger partial charge on any atom is 0.381 e. The SMILES string of the molecule is NC(=O)N(N)c1cc(N2CCCCC2)nc(N(N)C(N)=O)[n+]1[O-].O=C(O)c1cccnc1. The Labute approximate surface area is 182 Å². The Morgan fingerprint density at radius 1 is 1.09 bits per heavy atom. The summed E-state index contributed by atoms with van der Waals surface area (Å²) in [5.74, 6) is 9.54. The molecule has 1 aliphatic heterocycles. The molecule has 9 N–H and O–H groups in total. The van der Waals surface area contributed by atoms with Gasteiger partial charge in [0.2, 0.25) is 5.82 Å². The van der Waals surface area contributed by atoms with Crippen LogP contribution in [0.2, 0.25) is 0 Å². The number of hydrazine groups is 2. The Morgan fingerprint density at radius 2 is 1.72 bits per heavy atom. The van der Waals surface area contributed by atoms with Gasteiger partial charge < -0.3 is 26.7 Å². The maximum absolute atomic E-state index is 12.3. The van der Waals surface area contributed by atoms with Crippen LogP contribution in [-0.4, -0.2) is 46.2 Å². The minimum absolute atomic E-state index is 0.114. The van der Waals surface area contributed by atoms with Crippen molar-refractivity contribution in [2.45, 2.75) is 19.3 Å². The van der Waals surface area contributed by atoms with E-state index in [1.165, 1.54) is 24.5 Å². The van der Waals surface area contributed by atoms with Crippen molar-refractivity contribution in [2.75, 3.05) is 28.0 Å². The van der Waals surface area contributed by atoms with Crippen LogP contribution in [-0.2, 0) is 0 Å². The zero-order chi connectivity index (χ0) is 23.8. The summed E-state index contributed by atoms with van der Waals surface area (Å²) in [5.41, 5.74) is 10.4. The molecule has 0 aliphatic carbocycles. The van der Waals surface area contributed by atoms with Crippen LogP contribution in [0.25, 0.3) is 0 Å². The molecule has 0 bridgehead atoms. The quantitative estimate of drug-likeness (QED) is 0.126. The highest BCUT2D eigenvalue weighted by Crippen LogP contribution is 2.22. The number of carboxylic acid groups (broad SMARTS) is 1. The van der Waals surface area contributed by atoms with Crippen molar-refractivity contribution in [3.8, 4) is 0 Å². The number of carboxylic acids is 1. The predicted octanol–water partition coefficient (Wildman–Crippen LogP) is -0.997. The van der Waals surface area contributed by atoms with Crippen LogP contribution < -0.4 is 42.8 Å². The molecular weight excluding hydrogens is 424 g/mol. The highest BCUT2D eigenvalue weighted by molar-refractivity contribution is 5.89. The van der Waals surface area contributed by atoms with E-state index in [2.05, 4.69) is 9.97 Å². The summed E-state index contributed by atoms with van der Waals surface area (Å²) >= 11 is 0. The number of hydrogen-bond acceptors (Lipinski definition) is 9. The molecule has 1 saturated heterocycles. The third kappa shape index (κ3) is 5.89. The second-order valence-electron chi connectivity index (χ2n) is 6.58. The van der Waals surface area contributed by atoms with Crippen molar-refractivity contribution in [1.29, 1.82) is 0 Å². The average molecular weight is 448 g/mol. The second kappa shape index (κ2) is 10.7. The van der Waals surface area contributed by atoms with Crippen LogP contribution in [0.3, 0.4) is 0 Å². The van der Waals surface area contributed by atoms with E-state index in [0.29, 0.717) is 28.9 Å². The molecule has 0 spiro atoms. The predicted molar refractivity (Wildman–Crippen MR) is 113 cm³/mol. The fourth-order valence-electron chi connectivity index (χ4n) is 2.76. The van der Waals surface area contributed by atoms with E-state index >= 15 is 0 Å². The molecule has 2 aromatic rings. The number of aromatic carboxylic acids is 1. The van der Waals surface area contributed by atoms with Crippen LogP contribution in [0, 0.1) is 5.21 Å². The summed E-state index contributed by atoms with van der Waals surface area (Å²) in [4.78, 5) is 42.2. The molecule has 0 saturated carbocycles. The summed E-state index contributed by atoms with van der Waals surface area (Å²) in [6.07, 6.45) is 5.82. The van der Waals surface area contributed by atoms with Crippen LogP contribution >= 0.6 is 0 Å². The minimum atomic E-state index is -1.09. The lowest BCUT2D eigenvalue weighted by atomic mass is 10.1. The van der Waals surface area contributed by atoms with E-state index in [1.807, 2.05) is 4.90 Å². The Balaban J connectivity index is 0.000000336. The molecule has 1 fully saturated rings. The van der Waals surface area contributed by atoms with Crippen molar-refractivity contribution in [1.82, 2.24) is 9.97 Å². The fourth-order valence-corrected chi connectivity index (χ4v) is 2.76. The molecule has 0 unspecified atom stereocenters. The molecular formula is C17H24N10O5. The molecule has 0 aromatic carbocycles. The third-order valence-corrected chi connectivity index (χ3v) is 4.39. The van der Waals surface area contributed by atoms with Gasteiger partial charge >= 0.3 is 24.0 Å². The van der Waals surface area contributed by atoms with E-state index in [9.17, 15) is 19.6 Å². The van der Waals surface area contributed by atoms with Crippen molar-refractivity contribution in [3.63, 3.8) is 0 Å². The van der Waals surface area contributed by atoms with Gasteiger partial charge in [0.15, 0.2) is 5.82 Å². The molecule has 172 valence electrons. The lowest BCUT2D eigenvalue weighted by Crippen LogP contribution is -2.54. The first kappa shape index (κ1) is 24.0. The van der Waals surface area contributed by atoms with Gasteiger partial charge in [0.1, 0.15) is 0 Å². The fraction of sp³-hybridized carbons (Fsp3) is 0.294. The molecule has 0 atom stereocenters. The summed E-state index contributed by atoms with van der Waals surface area (Å²) in [7, 11) is 0. The van der Waals surface area contributed by atoms with E-state index in [1.54, 1.807) is 6.07 Å². The number of piperidine rings is 1. The van der Waals surface area contributed by atoms with E-state index in [4.69, 9.17) is 28.3 Å². The Kier molecular flexibility index (Phi) is 8.03. The molecule has 1 aliphatic rings. The van der Waals surface area contributed by atoms with Gasteiger partial charge in [0.05, 0.1) is 11.6 Å². The number of amides is 4. The number of aromatic nitrogens is 3. The Hall–Kier alpha value is -4.24. The summed E-state index contributed by atoms with van der Waals surface area (Å²) in [6, 6.07) is 2.24. The molecule has 3 rings (SSSR count). The second-order valence-corrected chi connectivity index (χ2v) is 6.58. The Bertz CT molecular complexity index is 926. The summed E-state index contributed by atoms with van der Waals surface area (Å²) < 4.78 is 0.114. The number of pyridine rings is 1. The average Bonchev–Trinajstić information content (AvgIpc) is 2.79. The number of hydrogen-bond donors (Lipinski definition) is 5. The van der Waals surface area contributed by atoms with Gasteiger partial charge in [-0.2, -0.15) is 10.9 Å². The van der Waals surface area contributed by atoms with Gasteiger partial charge in [0, 0.05) is 25.5 Å². The van der Waals surface area contributed by atoms with Crippen LogP contribution in [0.5, 0.6) is 0 Å². The number of nitrogens with zero attached hydrogens (tertiary/aromatic N) is 6. The highest BCUT2D eigenvalue weighted by Gasteiger charge is 2.28. The summed E-state index contributed by atoms with van der Waals surface area (Å²) in [5, 5.41) is 21.4. The zero-order valence-electron chi connectivity index (χ0n) is 17.0. The molecule has 32 heavy (non-hydrogen) atoms. The third-order valence-electron chi connectivity index (χ3n) is 4.39. The van der Waals surface area contributed by atoms with Crippen molar-refractivity contribution in [3.05, 3.63) is 41.4 Å². The smallest absolute Gasteiger partial charge is 0.381 e. The standard InChI is InChI=1S/C11H19N9O3.C6H5NO2/c12-9(21)18(14)8-6-7(17-4-2-1-3-5-17)16-11(20(8)23)19(15)10(13)22;8-6(9)5-2-1-3-7-4-5/h6H,1-5,14-15H2,(H2,12,21)(H2,13,22);1-4H,(H,8,9). The van der Waals surface area contributed by atoms with E-state index < -0.39 is 24.0 Å². The number of anilines is 3. The monoisotopic (exact) mass is 448 g/mol. The van der Waals surface area contributed by atoms with Gasteiger partial charge in [-0.3, -0.25) is 4.98 Å². The lowest BCUT2D eigenvalue weighted by Gasteiger charge is -2.28. The number of nitrogens with two attached hydrogens (primary N) is 4. The number of carbonyl (C=O) groups is 3. The lowest BCUT2D eigenvalue weighted by molar-refractivity contribution is -0.581. The number of carbonyl (C=O) groups excluding carboxylic acids is 2. The van der Waals surface area contributed by atoms with Crippen LogP contribution in [0.4, 0.5) is 27.2 Å². The van der Waals surface area contributed by atoms with Crippen LogP contribution in [0.1, 0.15) is 29.6 Å². The van der Waals surface area contributed by atoms with Gasteiger partial charge in [-0.25, -0.2) is 25.0 Å². The van der Waals surface area contributed by atoms with Crippen molar-refractivity contribution in [2.24, 2.45) is 23.2 Å². The number of urea groups is 2. The largest absolute Gasteiger partial charge is 0.754 e. The first-order chi connectivity index (χ1) is 15.1. The van der Waals surface area contributed by atoms with Gasteiger partial charge in [0.25, 0.3) is 0 Å². The Morgan fingerprint density at radius 3 is 2.19 bits per heavy atom. The van der Waals surface area contributed by atoms with Crippen molar-refractivity contribution < 1.29 is 24.2 Å². The molecule has 15 heteroatoms. The molecule has 2 aromatic heterocycles. The first-order valence-electron chi connectivity index (χ1n) is 9.34. The number of primary amides is 2. The maximum atomic E-state index is 12.3. The van der Waals surface area contributed by atoms with Crippen LogP contribution in [0.15, 0.2) is 30.6 Å². The normalized spacial score (nSPS) is 12.9. The van der Waals surface area contributed by atoms with Crippen molar-refractivity contribution >= 4 is 35.6 Å². The first-order valence-corrected chi connectivity index (χ1v) is 9.34. The zero-order valence-corrected chi connectivity index (χ0v) is 17.0. The topological polar surface area (TPSA) is 238 Å². The minimum Gasteiger partial charge on any atom is -0.754 e. The van der Waals surface area contributed by atoms with E-state index in [-0.39, 0.29) is 16.1 Å². The molecule has 0 radical (unpaired) electrons. The highest BCUT2D eigenvalue weighted by atomic mass is 16.5. The van der Waals surface area contributed by atoms with Gasteiger partial charge in [-0.15, -0.1) is 5.01 Å². The summed E-state index contributed by atoms with van der Waals surface area (Å²) in [6.45, 7) is 1.41. The molecule has 4 amide bonds. The number of rotatable bonds is 4.